The molecule has 0 aliphatic rings. The second kappa shape index (κ2) is 58.2. The van der Waals surface area contributed by atoms with Crippen molar-refractivity contribution in [2.24, 2.45) is 0 Å². The van der Waals surface area contributed by atoms with E-state index in [-0.39, 0.29) is 31.1 Å². The zero-order valence-electron chi connectivity index (χ0n) is 46.0. The molecule has 0 saturated carbocycles. The monoisotopic (exact) mass is 975 g/mol. The Hall–Kier alpha value is -3.41. The van der Waals surface area contributed by atoms with E-state index in [0.717, 1.165) is 116 Å². The van der Waals surface area contributed by atoms with Gasteiger partial charge in [-0.3, -0.25) is 14.4 Å². The number of ether oxygens (including phenoxy) is 3. The van der Waals surface area contributed by atoms with Gasteiger partial charge in [0.15, 0.2) is 6.10 Å². The van der Waals surface area contributed by atoms with E-state index in [2.05, 4.69) is 106 Å². The van der Waals surface area contributed by atoms with Crippen LogP contribution >= 0.6 is 0 Å². The zero-order valence-corrected chi connectivity index (χ0v) is 46.0. The first-order valence-corrected chi connectivity index (χ1v) is 29.6. The van der Waals surface area contributed by atoms with E-state index in [1.807, 2.05) is 0 Å². The van der Waals surface area contributed by atoms with Crippen molar-refractivity contribution in [1.82, 2.24) is 0 Å². The molecule has 0 saturated heterocycles. The molecule has 0 spiro atoms. The average molecular weight is 976 g/mol. The fraction of sp³-hybridized carbons (Fsp3) is 0.734. The minimum absolute atomic E-state index is 0.0890. The maximum atomic E-state index is 12.9. The van der Waals surface area contributed by atoms with E-state index in [1.165, 1.54) is 128 Å². The van der Waals surface area contributed by atoms with Crippen molar-refractivity contribution >= 4 is 17.9 Å². The topological polar surface area (TPSA) is 78.9 Å². The van der Waals surface area contributed by atoms with Gasteiger partial charge in [0.05, 0.1) is 0 Å². The third-order valence-electron chi connectivity index (χ3n) is 12.6. The van der Waals surface area contributed by atoms with Crippen molar-refractivity contribution in [2.75, 3.05) is 13.2 Å². The second-order valence-corrected chi connectivity index (χ2v) is 19.5. The van der Waals surface area contributed by atoms with Crippen LogP contribution in [0, 0.1) is 0 Å². The first kappa shape index (κ1) is 66.6. The van der Waals surface area contributed by atoms with E-state index in [4.69, 9.17) is 14.2 Å². The quantitative estimate of drug-likeness (QED) is 0.0261. The van der Waals surface area contributed by atoms with Gasteiger partial charge in [-0.25, -0.2) is 0 Å². The lowest BCUT2D eigenvalue weighted by Gasteiger charge is -2.18. The first-order valence-electron chi connectivity index (χ1n) is 29.6. The van der Waals surface area contributed by atoms with E-state index in [9.17, 15) is 14.4 Å². The minimum atomic E-state index is -0.795. The summed E-state index contributed by atoms with van der Waals surface area (Å²) in [5.41, 5.74) is 0. The normalized spacial score (nSPS) is 12.7. The van der Waals surface area contributed by atoms with E-state index >= 15 is 0 Å². The molecule has 0 radical (unpaired) electrons. The lowest BCUT2D eigenvalue weighted by Crippen LogP contribution is -2.30. The van der Waals surface area contributed by atoms with Crippen molar-refractivity contribution in [3.63, 3.8) is 0 Å². The van der Waals surface area contributed by atoms with Crippen LogP contribution in [0.2, 0.25) is 0 Å². The molecule has 0 fully saturated rings. The molecular weight excluding hydrogens is 865 g/mol. The summed E-state index contributed by atoms with van der Waals surface area (Å²) in [5.74, 6) is -0.917. The highest BCUT2D eigenvalue weighted by atomic mass is 16.6. The van der Waals surface area contributed by atoms with Crippen LogP contribution in [-0.4, -0.2) is 37.2 Å². The highest BCUT2D eigenvalue weighted by Crippen LogP contribution is 2.16. The summed E-state index contributed by atoms with van der Waals surface area (Å²) in [4.78, 5) is 38.2. The number of carbonyl (C=O) groups is 3. The fourth-order valence-corrected chi connectivity index (χ4v) is 8.21. The van der Waals surface area contributed by atoms with Gasteiger partial charge in [-0.1, -0.05) is 254 Å². The summed E-state index contributed by atoms with van der Waals surface area (Å²) in [6.45, 7) is 6.49. The first-order chi connectivity index (χ1) is 34.5. The summed E-state index contributed by atoms with van der Waals surface area (Å²) >= 11 is 0. The number of allylic oxidation sites excluding steroid dienone is 14. The number of carbonyl (C=O) groups excluding carboxylic acids is 3. The lowest BCUT2D eigenvalue weighted by molar-refractivity contribution is -0.167. The highest BCUT2D eigenvalue weighted by Gasteiger charge is 2.19. The molecule has 0 aliphatic heterocycles. The molecular formula is C64H110O6. The SMILES string of the molecule is CC/C=C\C/C=C\C/C=C\C/C=C\CCCCCCC(=O)OC(COC(=O)CCCCCCCC/C=C\C/C=C\C/C=C\CCCCC)COC(=O)CCCCCCCCCCCCCCCCCC. The summed E-state index contributed by atoms with van der Waals surface area (Å²) < 4.78 is 16.9. The van der Waals surface area contributed by atoms with Crippen LogP contribution in [-0.2, 0) is 28.6 Å². The van der Waals surface area contributed by atoms with Crippen molar-refractivity contribution in [1.29, 1.82) is 0 Å². The van der Waals surface area contributed by atoms with Gasteiger partial charge >= 0.3 is 17.9 Å². The molecule has 0 heterocycles. The number of esters is 3. The Bertz CT molecular complexity index is 1350. The maximum absolute atomic E-state index is 12.9. The number of rotatable bonds is 53. The molecule has 0 amide bonds. The molecule has 1 atom stereocenters. The van der Waals surface area contributed by atoms with Crippen molar-refractivity contribution in [3.05, 3.63) is 85.1 Å². The van der Waals surface area contributed by atoms with E-state index in [0.29, 0.717) is 19.3 Å². The van der Waals surface area contributed by atoms with Gasteiger partial charge in [-0.05, 0) is 96.3 Å². The van der Waals surface area contributed by atoms with Crippen LogP contribution < -0.4 is 0 Å². The number of hydrogen-bond donors (Lipinski definition) is 0. The Morgan fingerprint density at radius 2 is 0.557 bits per heavy atom. The van der Waals surface area contributed by atoms with Crippen LogP contribution in [0.25, 0.3) is 0 Å². The Balaban J connectivity index is 4.44. The molecule has 402 valence electrons. The molecule has 0 aromatic carbocycles. The molecule has 1 unspecified atom stereocenters. The molecule has 0 aromatic heterocycles. The summed E-state index contributed by atoms with van der Waals surface area (Å²) in [6, 6.07) is 0. The molecule has 0 rings (SSSR count). The van der Waals surface area contributed by atoms with Gasteiger partial charge in [0.1, 0.15) is 13.2 Å². The predicted molar refractivity (Wildman–Crippen MR) is 302 cm³/mol. The Morgan fingerprint density at radius 1 is 0.300 bits per heavy atom. The molecule has 6 heteroatoms. The second-order valence-electron chi connectivity index (χ2n) is 19.5. The molecule has 0 bridgehead atoms. The molecule has 70 heavy (non-hydrogen) atoms. The van der Waals surface area contributed by atoms with E-state index in [1.54, 1.807) is 0 Å². The van der Waals surface area contributed by atoms with Gasteiger partial charge in [0.25, 0.3) is 0 Å². The van der Waals surface area contributed by atoms with Crippen LogP contribution in [0.1, 0.15) is 284 Å². The summed E-state index contributed by atoms with van der Waals surface area (Å²) in [5, 5.41) is 0. The maximum Gasteiger partial charge on any atom is 0.306 e. The third-order valence-corrected chi connectivity index (χ3v) is 12.6. The smallest absolute Gasteiger partial charge is 0.306 e. The van der Waals surface area contributed by atoms with Crippen molar-refractivity contribution in [2.45, 2.75) is 290 Å². The largest absolute Gasteiger partial charge is 0.462 e. The third kappa shape index (κ3) is 55.5. The van der Waals surface area contributed by atoms with Crippen LogP contribution in [0.3, 0.4) is 0 Å². The molecule has 0 N–H and O–H groups in total. The van der Waals surface area contributed by atoms with Gasteiger partial charge < -0.3 is 14.2 Å². The molecule has 0 aromatic rings. The van der Waals surface area contributed by atoms with Crippen LogP contribution in [0.4, 0.5) is 0 Å². The Morgan fingerprint density at radius 3 is 0.900 bits per heavy atom. The van der Waals surface area contributed by atoms with Gasteiger partial charge in [0.2, 0.25) is 0 Å². The van der Waals surface area contributed by atoms with Crippen LogP contribution in [0.5, 0.6) is 0 Å². The zero-order chi connectivity index (χ0) is 50.7. The fourth-order valence-electron chi connectivity index (χ4n) is 8.21. The Kier molecular flexibility index (Phi) is 55.3. The average Bonchev–Trinajstić information content (AvgIpc) is 3.36. The van der Waals surface area contributed by atoms with Crippen LogP contribution in [0.15, 0.2) is 85.1 Å². The molecule has 6 nitrogen and oxygen atoms in total. The van der Waals surface area contributed by atoms with Crippen molar-refractivity contribution in [3.8, 4) is 0 Å². The standard InChI is InChI=1S/C64H110O6/c1-4-7-10-13-16-19-22-25-28-31-32-34-36-39-42-45-48-51-54-57-63(66)69-60-61(59-68-62(65)56-53-50-47-44-41-38-35-30-27-24-21-18-15-12-9-6-3)70-64(67)58-55-52-49-46-43-40-37-33-29-26-23-20-17-14-11-8-5-2/h8,11,16-17,19-20,25-26,28-29,32,34,37,40,61H,4-7,9-10,12-15,18,21-24,27,30-31,33,35-36,38-39,41-60H2,1-3H3/b11-8-,19-16-,20-17-,28-25-,29-26-,34-32-,40-37-. The highest BCUT2D eigenvalue weighted by molar-refractivity contribution is 5.71. The molecule has 0 aliphatic carbocycles. The van der Waals surface area contributed by atoms with Gasteiger partial charge in [-0.2, -0.15) is 0 Å². The summed E-state index contributed by atoms with van der Waals surface area (Å²) in [6.07, 6.45) is 75.7. The summed E-state index contributed by atoms with van der Waals surface area (Å²) in [7, 11) is 0. The lowest BCUT2D eigenvalue weighted by atomic mass is 10.0. The predicted octanol–water partition coefficient (Wildman–Crippen LogP) is 19.9. The number of hydrogen-bond acceptors (Lipinski definition) is 6. The van der Waals surface area contributed by atoms with Crippen molar-refractivity contribution < 1.29 is 28.6 Å². The van der Waals surface area contributed by atoms with Gasteiger partial charge in [-0.15, -0.1) is 0 Å². The van der Waals surface area contributed by atoms with Gasteiger partial charge in [0, 0.05) is 19.3 Å². The minimum Gasteiger partial charge on any atom is -0.462 e. The number of unbranched alkanes of at least 4 members (excludes halogenated alkanes) is 28. The Labute approximate surface area is 433 Å². The van der Waals surface area contributed by atoms with E-state index < -0.39 is 6.10 Å².